The zero-order valence-corrected chi connectivity index (χ0v) is 12.0. The van der Waals surface area contributed by atoms with Crippen molar-refractivity contribution in [3.63, 3.8) is 0 Å². The van der Waals surface area contributed by atoms with Gasteiger partial charge in [-0.25, -0.2) is 4.39 Å². The average molecular weight is 294 g/mol. The van der Waals surface area contributed by atoms with Crippen LogP contribution in [0.25, 0.3) is 0 Å². The summed E-state index contributed by atoms with van der Waals surface area (Å²) in [4.78, 5) is 0. The molecule has 2 aromatic carbocycles. The van der Waals surface area contributed by atoms with Crippen LogP contribution in [0.15, 0.2) is 42.5 Å². The van der Waals surface area contributed by atoms with Gasteiger partial charge in [-0.2, -0.15) is 0 Å². The quantitative estimate of drug-likeness (QED) is 0.900. The molecule has 0 aromatic heterocycles. The van der Waals surface area contributed by atoms with E-state index in [9.17, 15) is 4.39 Å². The molecule has 1 atom stereocenters. The molecule has 0 heterocycles. The Bertz CT molecular complexity index is 588. The van der Waals surface area contributed by atoms with E-state index >= 15 is 0 Å². The summed E-state index contributed by atoms with van der Waals surface area (Å²) in [6.45, 7) is 2.55. The number of ether oxygens (including phenoxy) is 1. The van der Waals surface area contributed by atoms with Crippen molar-refractivity contribution in [1.29, 1.82) is 0 Å². The molecule has 2 nitrogen and oxygen atoms in total. The van der Waals surface area contributed by atoms with Gasteiger partial charge in [0.1, 0.15) is 11.6 Å². The minimum absolute atomic E-state index is 0.210. The van der Waals surface area contributed by atoms with E-state index in [2.05, 4.69) is 0 Å². The van der Waals surface area contributed by atoms with Crippen LogP contribution in [0.2, 0.25) is 5.02 Å². The van der Waals surface area contributed by atoms with E-state index < -0.39 is 0 Å². The van der Waals surface area contributed by atoms with E-state index in [1.807, 2.05) is 31.2 Å². The average Bonchev–Trinajstić information content (AvgIpc) is 2.42. The number of benzene rings is 2. The summed E-state index contributed by atoms with van der Waals surface area (Å²) in [5.41, 5.74) is 8.00. The van der Waals surface area contributed by atoms with Crippen molar-refractivity contribution in [2.24, 2.45) is 5.73 Å². The summed E-state index contributed by atoms with van der Waals surface area (Å²) >= 11 is 6.02. The fourth-order valence-electron chi connectivity index (χ4n) is 2.04. The Hall–Kier alpha value is -1.58. The van der Waals surface area contributed by atoms with Gasteiger partial charge in [0.15, 0.2) is 0 Å². The van der Waals surface area contributed by atoms with Gasteiger partial charge in [0.2, 0.25) is 0 Å². The molecule has 0 aliphatic carbocycles. The summed E-state index contributed by atoms with van der Waals surface area (Å²) in [6, 6.07) is 11.8. The highest BCUT2D eigenvalue weighted by Crippen LogP contribution is 2.25. The van der Waals surface area contributed by atoms with Crippen LogP contribution < -0.4 is 10.5 Å². The van der Waals surface area contributed by atoms with E-state index in [4.69, 9.17) is 22.1 Å². The Morgan fingerprint density at radius 2 is 2.05 bits per heavy atom. The van der Waals surface area contributed by atoms with Crippen LogP contribution in [0, 0.1) is 5.82 Å². The van der Waals surface area contributed by atoms with Crippen molar-refractivity contribution in [2.75, 3.05) is 6.61 Å². The Labute approximate surface area is 123 Å². The molecule has 0 saturated carbocycles. The van der Waals surface area contributed by atoms with E-state index in [0.717, 1.165) is 16.9 Å². The van der Waals surface area contributed by atoms with E-state index in [-0.39, 0.29) is 11.9 Å². The molecule has 106 valence electrons. The van der Waals surface area contributed by atoms with Crippen LogP contribution in [0.4, 0.5) is 4.39 Å². The molecular formula is C16H17ClFNO. The maximum atomic E-state index is 13.0. The lowest BCUT2D eigenvalue weighted by molar-refractivity contribution is 0.339. The molecule has 0 spiro atoms. The fraction of sp³-hybridized carbons (Fsp3) is 0.250. The number of nitrogens with two attached hydrogens (primary N) is 1. The highest BCUT2D eigenvalue weighted by atomic mass is 35.5. The minimum Gasteiger partial charge on any atom is -0.494 e. The normalized spacial score (nSPS) is 12.2. The van der Waals surface area contributed by atoms with Gasteiger partial charge in [0, 0.05) is 11.1 Å². The zero-order valence-electron chi connectivity index (χ0n) is 11.3. The second-order valence-electron chi connectivity index (χ2n) is 4.55. The molecule has 0 radical (unpaired) electrons. The largest absolute Gasteiger partial charge is 0.494 e. The molecule has 0 bridgehead atoms. The second kappa shape index (κ2) is 6.73. The van der Waals surface area contributed by atoms with Gasteiger partial charge in [-0.1, -0.05) is 29.8 Å². The minimum atomic E-state index is -0.342. The predicted molar refractivity (Wildman–Crippen MR) is 79.7 cm³/mol. The Kier molecular flexibility index (Phi) is 4.99. The number of hydrogen-bond donors (Lipinski definition) is 1. The first kappa shape index (κ1) is 14.8. The van der Waals surface area contributed by atoms with Gasteiger partial charge in [-0.05, 0) is 48.7 Å². The molecule has 0 aliphatic heterocycles. The lowest BCUT2D eigenvalue weighted by Gasteiger charge is -2.14. The molecule has 0 amide bonds. The van der Waals surface area contributed by atoms with Gasteiger partial charge >= 0.3 is 0 Å². The van der Waals surface area contributed by atoms with Crippen molar-refractivity contribution in [2.45, 2.75) is 19.4 Å². The molecule has 0 saturated heterocycles. The van der Waals surface area contributed by atoms with Crippen molar-refractivity contribution in [3.05, 3.63) is 64.4 Å². The first-order chi connectivity index (χ1) is 9.60. The van der Waals surface area contributed by atoms with E-state index in [1.54, 1.807) is 6.07 Å². The van der Waals surface area contributed by atoms with Crippen LogP contribution in [0.1, 0.15) is 24.1 Å². The molecule has 2 aromatic rings. The van der Waals surface area contributed by atoms with Gasteiger partial charge in [0.05, 0.1) is 6.61 Å². The number of hydrogen-bond acceptors (Lipinski definition) is 2. The maximum absolute atomic E-state index is 13.0. The molecular weight excluding hydrogens is 277 g/mol. The third-order valence-electron chi connectivity index (χ3n) is 3.05. The molecule has 0 fully saturated rings. The summed E-state index contributed by atoms with van der Waals surface area (Å²) in [5, 5.41) is 0.404. The first-order valence-corrected chi connectivity index (χ1v) is 6.90. The molecule has 2 N–H and O–H groups in total. The third kappa shape index (κ3) is 3.71. The van der Waals surface area contributed by atoms with Crippen LogP contribution in [-0.2, 0) is 6.42 Å². The SMILES string of the molecule is CCOc1cccc(C(N)Cc2ccc(F)cc2Cl)c1. The van der Waals surface area contributed by atoms with Gasteiger partial charge in [0.25, 0.3) is 0 Å². The van der Waals surface area contributed by atoms with Gasteiger partial charge in [-0.15, -0.1) is 0 Å². The van der Waals surface area contributed by atoms with Crippen LogP contribution in [-0.4, -0.2) is 6.61 Å². The first-order valence-electron chi connectivity index (χ1n) is 6.52. The second-order valence-corrected chi connectivity index (χ2v) is 4.96. The Morgan fingerprint density at radius 1 is 1.25 bits per heavy atom. The monoisotopic (exact) mass is 293 g/mol. The van der Waals surface area contributed by atoms with Crippen LogP contribution in [0.3, 0.4) is 0 Å². The Morgan fingerprint density at radius 3 is 2.75 bits per heavy atom. The van der Waals surface area contributed by atoms with Crippen LogP contribution >= 0.6 is 11.6 Å². The summed E-state index contributed by atoms with van der Waals surface area (Å²) in [5.74, 6) is 0.455. The molecule has 2 rings (SSSR count). The summed E-state index contributed by atoms with van der Waals surface area (Å²) < 4.78 is 18.5. The zero-order chi connectivity index (χ0) is 14.5. The summed E-state index contributed by atoms with van der Waals surface area (Å²) in [7, 11) is 0. The third-order valence-corrected chi connectivity index (χ3v) is 3.40. The van der Waals surface area contributed by atoms with Crippen molar-refractivity contribution in [3.8, 4) is 5.75 Å². The van der Waals surface area contributed by atoms with E-state index in [0.29, 0.717) is 18.1 Å². The molecule has 0 aliphatic rings. The summed E-state index contributed by atoms with van der Waals surface area (Å²) in [6.07, 6.45) is 0.550. The van der Waals surface area contributed by atoms with Gasteiger partial charge in [-0.3, -0.25) is 0 Å². The fourth-order valence-corrected chi connectivity index (χ4v) is 2.29. The highest BCUT2D eigenvalue weighted by Gasteiger charge is 2.11. The van der Waals surface area contributed by atoms with Gasteiger partial charge < -0.3 is 10.5 Å². The predicted octanol–water partition coefficient (Wildman–Crippen LogP) is 4.12. The van der Waals surface area contributed by atoms with Crippen molar-refractivity contribution < 1.29 is 9.13 Å². The van der Waals surface area contributed by atoms with Crippen molar-refractivity contribution in [1.82, 2.24) is 0 Å². The standard InChI is InChI=1S/C16H17ClFNO/c1-2-20-14-5-3-4-12(8-14)16(19)9-11-6-7-13(18)10-15(11)17/h3-8,10,16H,2,9,19H2,1H3. The smallest absolute Gasteiger partial charge is 0.124 e. The molecule has 20 heavy (non-hydrogen) atoms. The lowest BCUT2D eigenvalue weighted by Crippen LogP contribution is -2.13. The topological polar surface area (TPSA) is 35.2 Å². The lowest BCUT2D eigenvalue weighted by atomic mass is 9.99. The molecule has 1 unspecified atom stereocenters. The van der Waals surface area contributed by atoms with E-state index in [1.165, 1.54) is 12.1 Å². The highest BCUT2D eigenvalue weighted by molar-refractivity contribution is 6.31. The number of rotatable bonds is 5. The maximum Gasteiger partial charge on any atom is 0.124 e. The number of halogens is 2. The van der Waals surface area contributed by atoms with Crippen molar-refractivity contribution >= 4 is 11.6 Å². The van der Waals surface area contributed by atoms with Crippen LogP contribution in [0.5, 0.6) is 5.75 Å². The Balaban J connectivity index is 2.15. The molecule has 4 heteroatoms.